The van der Waals surface area contributed by atoms with Crippen LogP contribution in [0.5, 0.6) is 0 Å². The van der Waals surface area contributed by atoms with Crippen molar-refractivity contribution in [3.63, 3.8) is 0 Å². The number of carbonyl (C=O) groups excluding carboxylic acids is 2. The van der Waals surface area contributed by atoms with E-state index in [0.29, 0.717) is 32.1 Å². The van der Waals surface area contributed by atoms with Gasteiger partial charge >= 0.3 is 0 Å². The van der Waals surface area contributed by atoms with E-state index in [0.717, 1.165) is 17.8 Å². The van der Waals surface area contributed by atoms with Gasteiger partial charge in [0.15, 0.2) is 11.7 Å². The van der Waals surface area contributed by atoms with Gasteiger partial charge in [0.1, 0.15) is 11.6 Å². The van der Waals surface area contributed by atoms with Crippen molar-refractivity contribution >= 4 is 11.8 Å². The van der Waals surface area contributed by atoms with Crippen molar-refractivity contribution in [3.8, 4) is 11.3 Å². The summed E-state index contributed by atoms with van der Waals surface area (Å²) in [7, 11) is 0. The van der Waals surface area contributed by atoms with Gasteiger partial charge in [-0.3, -0.25) is 14.6 Å². The average molecular weight is 440 g/mol. The summed E-state index contributed by atoms with van der Waals surface area (Å²) in [5.74, 6) is -0.980. The molecule has 1 aliphatic rings. The van der Waals surface area contributed by atoms with Gasteiger partial charge in [-0.25, -0.2) is 13.8 Å². The van der Waals surface area contributed by atoms with Crippen LogP contribution in [0.4, 0.5) is 8.78 Å². The number of oxazole rings is 1. The molecule has 0 saturated carbocycles. The van der Waals surface area contributed by atoms with Crippen LogP contribution in [0.2, 0.25) is 0 Å². The molecule has 0 radical (unpaired) electrons. The Morgan fingerprint density at radius 3 is 2.41 bits per heavy atom. The van der Waals surface area contributed by atoms with Crippen molar-refractivity contribution in [1.82, 2.24) is 19.8 Å². The molecule has 0 N–H and O–H groups in total. The molecule has 1 saturated heterocycles. The molecule has 9 heteroatoms. The number of rotatable bonds is 6. The topological polar surface area (TPSA) is 79.5 Å². The summed E-state index contributed by atoms with van der Waals surface area (Å²) in [4.78, 5) is 36.7. The van der Waals surface area contributed by atoms with Crippen LogP contribution in [0.3, 0.4) is 0 Å². The molecular weight excluding hydrogens is 418 g/mol. The van der Waals surface area contributed by atoms with Crippen molar-refractivity contribution in [3.05, 3.63) is 72.0 Å². The predicted octanol–water partition coefficient (Wildman–Crippen LogP) is 2.86. The summed E-state index contributed by atoms with van der Waals surface area (Å²) >= 11 is 0. The van der Waals surface area contributed by atoms with E-state index < -0.39 is 11.6 Å². The lowest BCUT2D eigenvalue weighted by molar-refractivity contribution is -0.139. The number of amides is 2. The molecule has 32 heavy (non-hydrogen) atoms. The second-order valence-electron chi connectivity index (χ2n) is 7.50. The Morgan fingerprint density at radius 2 is 1.72 bits per heavy atom. The predicted molar refractivity (Wildman–Crippen MR) is 111 cm³/mol. The number of hydrogen-bond donors (Lipinski definition) is 0. The molecule has 0 unspecified atom stereocenters. The van der Waals surface area contributed by atoms with Crippen LogP contribution in [-0.4, -0.2) is 57.8 Å². The molecule has 3 aromatic rings. The number of benzene rings is 1. The highest BCUT2D eigenvalue weighted by Crippen LogP contribution is 2.24. The lowest BCUT2D eigenvalue weighted by atomic mass is 10.2. The van der Waals surface area contributed by atoms with Gasteiger partial charge in [-0.15, -0.1) is 0 Å². The Balaban J connectivity index is 1.25. The fraction of sp³-hybridized carbons (Fsp3) is 0.304. The van der Waals surface area contributed by atoms with Gasteiger partial charge in [-0.05, 0) is 24.3 Å². The Hall–Kier alpha value is -3.62. The number of nitrogens with zero attached hydrogens (tertiary/aromatic N) is 4. The number of carbonyl (C=O) groups is 2. The molecule has 1 fully saturated rings. The molecule has 3 heterocycles. The first-order chi connectivity index (χ1) is 15.5. The van der Waals surface area contributed by atoms with Crippen LogP contribution in [-0.2, 0) is 22.4 Å². The molecule has 0 atom stereocenters. The molecule has 0 spiro atoms. The molecule has 0 bridgehead atoms. The molecule has 1 aromatic carbocycles. The van der Waals surface area contributed by atoms with Crippen LogP contribution in [0.1, 0.15) is 18.0 Å². The Labute approximate surface area is 183 Å². The van der Waals surface area contributed by atoms with Gasteiger partial charge in [-0.2, -0.15) is 0 Å². The zero-order chi connectivity index (χ0) is 22.5. The molecular formula is C23H22F2N4O3. The highest BCUT2D eigenvalue weighted by Gasteiger charge is 2.24. The minimum atomic E-state index is -0.737. The van der Waals surface area contributed by atoms with Crippen molar-refractivity contribution in [1.29, 1.82) is 0 Å². The maximum absolute atomic E-state index is 13.9. The van der Waals surface area contributed by atoms with Gasteiger partial charge in [0, 0.05) is 57.0 Å². The standard InChI is InChI=1S/C23H22F2N4O3/c24-16-4-5-18(19(25)13-16)20-15-27-21(32-20)6-7-22(30)28-9-11-29(12-10-28)23(31)14-17-3-1-2-8-26-17/h1-5,8,13,15H,6-7,9-12,14H2. The molecule has 4 rings (SSSR count). The third-order valence-corrected chi connectivity index (χ3v) is 5.35. The maximum Gasteiger partial charge on any atom is 0.228 e. The Kier molecular flexibility index (Phi) is 6.53. The van der Waals surface area contributed by atoms with E-state index in [-0.39, 0.29) is 42.4 Å². The second-order valence-corrected chi connectivity index (χ2v) is 7.50. The summed E-state index contributed by atoms with van der Waals surface area (Å²) in [6.07, 6.45) is 3.72. The number of piperazine rings is 1. The van der Waals surface area contributed by atoms with Crippen LogP contribution in [0.25, 0.3) is 11.3 Å². The van der Waals surface area contributed by atoms with Crippen molar-refractivity contribution in [2.45, 2.75) is 19.3 Å². The lowest BCUT2D eigenvalue weighted by Crippen LogP contribution is -2.51. The van der Waals surface area contributed by atoms with Gasteiger partial charge in [-0.1, -0.05) is 6.07 Å². The van der Waals surface area contributed by atoms with E-state index in [1.54, 1.807) is 22.1 Å². The smallest absolute Gasteiger partial charge is 0.228 e. The van der Waals surface area contributed by atoms with Crippen LogP contribution in [0.15, 0.2) is 53.2 Å². The van der Waals surface area contributed by atoms with E-state index in [4.69, 9.17) is 4.42 Å². The van der Waals surface area contributed by atoms with Crippen LogP contribution in [0, 0.1) is 11.6 Å². The monoisotopic (exact) mass is 440 g/mol. The van der Waals surface area contributed by atoms with Gasteiger partial charge in [0.25, 0.3) is 0 Å². The molecule has 7 nitrogen and oxygen atoms in total. The van der Waals surface area contributed by atoms with Gasteiger partial charge < -0.3 is 14.2 Å². The summed E-state index contributed by atoms with van der Waals surface area (Å²) < 4.78 is 32.5. The number of halogens is 2. The van der Waals surface area contributed by atoms with Crippen molar-refractivity contribution < 1.29 is 22.8 Å². The fourth-order valence-corrected chi connectivity index (χ4v) is 3.59. The number of aromatic nitrogens is 2. The third-order valence-electron chi connectivity index (χ3n) is 5.35. The fourth-order valence-electron chi connectivity index (χ4n) is 3.59. The Morgan fingerprint density at radius 1 is 0.969 bits per heavy atom. The van der Waals surface area contributed by atoms with E-state index >= 15 is 0 Å². The second kappa shape index (κ2) is 9.67. The SMILES string of the molecule is O=C(CCc1ncc(-c2ccc(F)cc2F)o1)N1CCN(C(=O)Cc2ccccn2)CC1. The normalized spacial score (nSPS) is 13.9. The summed E-state index contributed by atoms with van der Waals surface area (Å²) in [6, 6.07) is 8.68. The first-order valence-electron chi connectivity index (χ1n) is 10.3. The van der Waals surface area contributed by atoms with E-state index in [9.17, 15) is 18.4 Å². The largest absolute Gasteiger partial charge is 0.441 e. The first-order valence-corrected chi connectivity index (χ1v) is 10.3. The summed E-state index contributed by atoms with van der Waals surface area (Å²) in [6.45, 7) is 1.88. The summed E-state index contributed by atoms with van der Waals surface area (Å²) in [5, 5.41) is 0. The third kappa shape index (κ3) is 5.16. The zero-order valence-electron chi connectivity index (χ0n) is 17.3. The highest BCUT2D eigenvalue weighted by molar-refractivity contribution is 5.79. The number of hydrogen-bond acceptors (Lipinski definition) is 5. The average Bonchev–Trinajstić information content (AvgIpc) is 3.27. The number of pyridine rings is 1. The molecule has 0 aliphatic carbocycles. The van der Waals surface area contributed by atoms with Crippen LogP contribution >= 0.6 is 0 Å². The van der Waals surface area contributed by atoms with Crippen molar-refractivity contribution in [2.24, 2.45) is 0 Å². The molecule has 166 valence electrons. The minimum Gasteiger partial charge on any atom is -0.441 e. The van der Waals surface area contributed by atoms with Gasteiger partial charge in [0.05, 0.1) is 18.2 Å². The highest BCUT2D eigenvalue weighted by atomic mass is 19.1. The quantitative estimate of drug-likeness (QED) is 0.589. The lowest BCUT2D eigenvalue weighted by Gasteiger charge is -2.34. The van der Waals surface area contributed by atoms with Gasteiger partial charge in [0.2, 0.25) is 11.8 Å². The molecule has 2 amide bonds. The summed E-state index contributed by atoms with van der Waals surface area (Å²) in [5.41, 5.74) is 0.838. The zero-order valence-corrected chi connectivity index (χ0v) is 17.3. The molecule has 1 aliphatic heterocycles. The minimum absolute atomic E-state index is 0.00357. The molecule has 2 aromatic heterocycles. The van der Waals surface area contributed by atoms with Crippen LogP contribution < -0.4 is 0 Å². The van der Waals surface area contributed by atoms with E-state index in [1.807, 2.05) is 12.1 Å². The van der Waals surface area contributed by atoms with E-state index in [2.05, 4.69) is 9.97 Å². The number of aryl methyl sites for hydroxylation is 1. The first kappa shape index (κ1) is 21.6. The van der Waals surface area contributed by atoms with Crippen molar-refractivity contribution in [2.75, 3.05) is 26.2 Å². The maximum atomic E-state index is 13.9. The Bertz CT molecular complexity index is 1100. The van der Waals surface area contributed by atoms with E-state index in [1.165, 1.54) is 12.3 Å².